The number of anilines is 2. The van der Waals surface area contributed by atoms with Gasteiger partial charge in [-0.1, -0.05) is 19.6 Å². The Morgan fingerprint density at radius 2 is 1.64 bits per heavy atom. The molecular formula is C29H38N8OSi. The smallest absolute Gasteiger partial charge is 0.162 e. The van der Waals surface area contributed by atoms with Crippen LogP contribution < -0.4 is 9.80 Å². The number of nitrogens with zero attached hydrogens (tertiary/aromatic N) is 8. The highest BCUT2D eigenvalue weighted by atomic mass is 28.3. The maximum Gasteiger partial charge on any atom is 0.162 e. The minimum Gasteiger partial charge on any atom is -0.360 e. The van der Waals surface area contributed by atoms with Gasteiger partial charge in [0.15, 0.2) is 11.6 Å². The number of rotatable bonds is 8. The zero-order chi connectivity index (χ0) is 26.9. The molecule has 4 aromatic rings. The predicted octanol–water partition coefficient (Wildman–Crippen LogP) is 5.09. The number of pyridine rings is 2. The number of ether oxygens (including phenoxy) is 1. The molecule has 6 heterocycles. The summed E-state index contributed by atoms with van der Waals surface area (Å²) < 4.78 is 7.83. The Morgan fingerprint density at radius 3 is 2.41 bits per heavy atom. The molecular weight excluding hydrogens is 504 g/mol. The van der Waals surface area contributed by atoms with Crippen LogP contribution in [0.2, 0.25) is 25.7 Å². The molecule has 0 N–H and O–H groups in total. The lowest BCUT2D eigenvalue weighted by molar-refractivity contribution is 0.0787. The molecule has 0 unspecified atom stereocenters. The fourth-order valence-electron chi connectivity index (χ4n) is 5.69. The van der Waals surface area contributed by atoms with Gasteiger partial charge in [0, 0.05) is 82.7 Å². The second kappa shape index (κ2) is 10.7. The Kier molecular flexibility index (Phi) is 7.07. The van der Waals surface area contributed by atoms with Crippen molar-refractivity contribution in [3.8, 4) is 11.4 Å². The van der Waals surface area contributed by atoms with Crippen molar-refractivity contribution in [2.75, 3.05) is 42.6 Å². The molecule has 2 fully saturated rings. The van der Waals surface area contributed by atoms with Gasteiger partial charge >= 0.3 is 0 Å². The van der Waals surface area contributed by atoms with Crippen LogP contribution in [-0.4, -0.2) is 70.6 Å². The van der Waals surface area contributed by atoms with Crippen LogP contribution in [-0.2, 0) is 11.5 Å². The SMILES string of the molecule is C[Si](C)(C)CCOCn1ccc(N2CCC3(CCN(c4nc(-c5ccncc5)nc5cnccc45)CC3)C2)n1. The summed E-state index contributed by atoms with van der Waals surface area (Å²) in [6.07, 6.45) is 12.8. The van der Waals surface area contributed by atoms with E-state index in [0.717, 1.165) is 79.6 Å². The van der Waals surface area contributed by atoms with Crippen LogP contribution in [0.15, 0.2) is 55.2 Å². The van der Waals surface area contributed by atoms with Gasteiger partial charge in [-0.15, -0.1) is 0 Å². The summed E-state index contributed by atoms with van der Waals surface area (Å²) in [4.78, 5) is 23.2. The lowest BCUT2D eigenvalue weighted by Gasteiger charge is -2.40. The van der Waals surface area contributed by atoms with Gasteiger partial charge in [-0.2, -0.15) is 5.10 Å². The average molecular weight is 543 g/mol. The third kappa shape index (κ3) is 5.81. The average Bonchev–Trinajstić information content (AvgIpc) is 3.59. The summed E-state index contributed by atoms with van der Waals surface area (Å²) in [6, 6.07) is 9.27. The van der Waals surface area contributed by atoms with Gasteiger partial charge in [0.2, 0.25) is 0 Å². The molecule has 9 nitrogen and oxygen atoms in total. The van der Waals surface area contributed by atoms with Gasteiger partial charge in [-0.3, -0.25) is 9.97 Å². The summed E-state index contributed by atoms with van der Waals surface area (Å²) in [5.41, 5.74) is 2.17. The van der Waals surface area contributed by atoms with Crippen molar-refractivity contribution in [1.82, 2.24) is 29.7 Å². The van der Waals surface area contributed by atoms with Crippen LogP contribution in [0, 0.1) is 5.41 Å². The summed E-state index contributed by atoms with van der Waals surface area (Å²) in [5, 5.41) is 5.89. The highest BCUT2D eigenvalue weighted by Gasteiger charge is 2.41. The summed E-state index contributed by atoms with van der Waals surface area (Å²) >= 11 is 0. The number of aromatic nitrogens is 6. The third-order valence-electron chi connectivity index (χ3n) is 8.15. The van der Waals surface area contributed by atoms with E-state index < -0.39 is 8.07 Å². The van der Waals surface area contributed by atoms with Crippen molar-refractivity contribution < 1.29 is 4.74 Å². The molecule has 39 heavy (non-hydrogen) atoms. The van der Waals surface area contributed by atoms with Gasteiger partial charge in [-0.25, -0.2) is 14.6 Å². The molecule has 2 aliphatic rings. The van der Waals surface area contributed by atoms with Crippen LogP contribution >= 0.6 is 0 Å². The van der Waals surface area contributed by atoms with Crippen LogP contribution in [0.5, 0.6) is 0 Å². The predicted molar refractivity (Wildman–Crippen MR) is 158 cm³/mol. The maximum absolute atomic E-state index is 5.90. The monoisotopic (exact) mass is 542 g/mol. The summed E-state index contributed by atoms with van der Waals surface area (Å²) in [6.45, 7) is 12.6. The van der Waals surface area contributed by atoms with Gasteiger partial charge in [0.1, 0.15) is 12.5 Å². The Morgan fingerprint density at radius 1 is 0.897 bits per heavy atom. The van der Waals surface area contributed by atoms with Gasteiger partial charge in [-0.05, 0) is 48.9 Å². The lowest BCUT2D eigenvalue weighted by atomic mass is 9.78. The minimum atomic E-state index is -1.07. The first kappa shape index (κ1) is 25.9. The number of hydrogen-bond donors (Lipinski definition) is 0. The van der Waals surface area contributed by atoms with E-state index in [9.17, 15) is 0 Å². The van der Waals surface area contributed by atoms with E-state index in [1.807, 2.05) is 41.5 Å². The van der Waals surface area contributed by atoms with E-state index in [2.05, 4.69) is 45.5 Å². The molecule has 0 amide bonds. The fraction of sp³-hybridized carbons (Fsp3) is 0.483. The van der Waals surface area contributed by atoms with Crippen molar-refractivity contribution >= 4 is 30.6 Å². The first-order chi connectivity index (χ1) is 18.9. The van der Waals surface area contributed by atoms with E-state index in [-0.39, 0.29) is 0 Å². The number of piperidine rings is 1. The van der Waals surface area contributed by atoms with Crippen molar-refractivity contribution in [3.05, 3.63) is 55.2 Å². The van der Waals surface area contributed by atoms with E-state index in [1.165, 1.54) is 12.5 Å². The van der Waals surface area contributed by atoms with Gasteiger partial charge < -0.3 is 14.5 Å². The molecule has 0 aliphatic carbocycles. The van der Waals surface area contributed by atoms with Crippen molar-refractivity contribution in [1.29, 1.82) is 0 Å². The molecule has 6 rings (SSSR count). The van der Waals surface area contributed by atoms with Gasteiger partial charge in [0.25, 0.3) is 0 Å². The molecule has 2 aliphatic heterocycles. The second-order valence-electron chi connectivity index (χ2n) is 12.2. The number of fused-ring (bicyclic) bond motifs is 1. The van der Waals surface area contributed by atoms with Crippen LogP contribution in [0.3, 0.4) is 0 Å². The summed E-state index contributed by atoms with van der Waals surface area (Å²) in [5.74, 6) is 2.80. The maximum atomic E-state index is 5.90. The Bertz CT molecular complexity index is 1410. The minimum absolute atomic E-state index is 0.326. The van der Waals surface area contributed by atoms with E-state index in [4.69, 9.17) is 19.8 Å². The molecule has 1 spiro atoms. The van der Waals surface area contributed by atoms with E-state index in [1.54, 1.807) is 12.4 Å². The van der Waals surface area contributed by atoms with Crippen molar-refractivity contribution in [3.63, 3.8) is 0 Å². The standard InChI is InChI=1S/C29H38N8OSi/c1-39(2,3)19-18-38-22-37-14-7-26(34-37)36-17-10-29(21-36)8-15-35(16-9-29)28-24-6-13-31-20-25(24)32-27(33-28)23-4-11-30-12-5-23/h4-7,11-14,20H,8-10,15-19,21-22H2,1-3H3. The molecule has 0 bridgehead atoms. The van der Waals surface area contributed by atoms with Gasteiger partial charge in [0.05, 0.1) is 11.7 Å². The lowest BCUT2D eigenvalue weighted by Crippen LogP contribution is -2.42. The highest BCUT2D eigenvalue weighted by Crippen LogP contribution is 2.43. The summed E-state index contributed by atoms with van der Waals surface area (Å²) in [7, 11) is -1.07. The quantitative estimate of drug-likeness (QED) is 0.225. The molecule has 10 heteroatoms. The van der Waals surface area contributed by atoms with Crippen LogP contribution in [0.25, 0.3) is 22.3 Å². The first-order valence-corrected chi connectivity index (χ1v) is 17.7. The number of hydrogen-bond acceptors (Lipinski definition) is 8. The Balaban J connectivity index is 1.11. The molecule has 0 atom stereocenters. The third-order valence-corrected chi connectivity index (χ3v) is 9.85. The molecule has 0 aromatic carbocycles. The zero-order valence-corrected chi connectivity index (χ0v) is 24.3. The largest absolute Gasteiger partial charge is 0.360 e. The first-order valence-electron chi connectivity index (χ1n) is 14.0. The fourth-order valence-corrected chi connectivity index (χ4v) is 6.45. The van der Waals surface area contributed by atoms with E-state index in [0.29, 0.717) is 12.1 Å². The Hall–Kier alpha value is -3.37. The normalized spacial score (nSPS) is 17.4. The van der Waals surface area contributed by atoms with Crippen LogP contribution in [0.1, 0.15) is 19.3 Å². The Labute approximate surface area is 231 Å². The highest BCUT2D eigenvalue weighted by molar-refractivity contribution is 6.76. The zero-order valence-electron chi connectivity index (χ0n) is 23.3. The molecule has 2 saturated heterocycles. The van der Waals surface area contributed by atoms with Crippen LogP contribution in [0.4, 0.5) is 11.6 Å². The second-order valence-corrected chi connectivity index (χ2v) is 17.8. The topological polar surface area (TPSA) is 85.1 Å². The molecule has 204 valence electrons. The van der Waals surface area contributed by atoms with E-state index >= 15 is 0 Å². The molecule has 4 aromatic heterocycles. The molecule has 0 radical (unpaired) electrons. The van der Waals surface area contributed by atoms with Crippen molar-refractivity contribution in [2.45, 2.75) is 51.7 Å². The van der Waals surface area contributed by atoms with Crippen molar-refractivity contribution in [2.24, 2.45) is 5.41 Å². The molecule has 0 saturated carbocycles.